The van der Waals surface area contributed by atoms with E-state index in [1.54, 1.807) is 0 Å². The van der Waals surface area contributed by atoms with Crippen molar-refractivity contribution < 1.29 is 4.79 Å². The standard InChI is InChI=1S/C16H31NO/c1-6-11-17(13(4)5)15(16(18)12(2)3)14-9-7-8-10-14/h12-15H,6-11H2,1-5H3/t15-/m0/s1. The SMILES string of the molecule is CCCN(C(C)C)[C@H](C(=O)C(C)C)C1CCCC1. The third-order valence-electron chi connectivity index (χ3n) is 4.21. The highest BCUT2D eigenvalue weighted by Crippen LogP contribution is 2.32. The maximum Gasteiger partial charge on any atom is 0.152 e. The normalized spacial score (nSPS) is 19.1. The zero-order valence-electron chi connectivity index (χ0n) is 12.9. The van der Waals surface area contributed by atoms with E-state index in [0.29, 0.717) is 17.7 Å². The molecule has 1 aliphatic carbocycles. The molecule has 1 aliphatic rings. The Hall–Kier alpha value is -0.370. The minimum absolute atomic E-state index is 0.161. The summed E-state index contributed by atoms with van der Waals surface area (Å²) in [4.78, 5) is 15.1. The molecule has 0 radical (unpaired) electrons. The highest BCUT2D eigenvalue weighted by Gasteiger charge is 2.36. The summed E-state index contributed by atoms with van der Waals surface area (Å²) in [6.07, 6.45) is 6.24. The van der Waals surface area contributed by atoms with Crippen molar-refractivity contribution in [1.29, 1.82) is 0 Å². The van der Waals surface area contributed by atoms with Crippen LogP contribution in [0, 0.1) is 11.8 Å². The molecule has 0 spiro atoms. The van der Waals surface area contributed by atoms with E-state index in [9.17, 15) is 4.79 Å². The van der Waals surface area contributed by atoms with Gasteiger partial charge in [-0.2, -0.15) is 0 Å². The molecule has 1 rings (SSSR count). The van der Waals surface area contributed by atoms with Crippen LogP contribution in [0.25, 0.3) is 0 Å². The summed E-state index contributed by atoms with van der Waals surface area (Å²) >= 11 is 0. The third-order valence-corrected chi connectivity index (χ3v) is 4.21. The Morgan fingerprint density at radius 2 is 1.72 bits per heavy atom. The predicted molar refractivity (Wildman–Crippen MR) is 77.7 cm³/mol. The highest BCUT2D eigenvalue weighted by molar-refractivity contribution is 5.86. The Bertz CT molecular complexity index is 254. The molecule has 0 aromatic carbocycles. The second-order valence-corrected chi connectivity index (χ2v) is 6.38. The van der Waals surface area contributed by atoms with Gasteiger partial charge in [0, 0.05) is 12.0 Å². The molecule has 2 heteroatoms. The average Bonchev–Trinajstić information content (AvgIpc) is 2.81. The Morgan fingerprint density at radius 3 is 2.11 bits per heavy atom. The molecule has 2 nitrogen and oxygen atoms in total. The number of ketones is 1. The van der Waals surface area contributed by atoms with Crippen LogP contribution < -0.4 is 0 Å². The predicted octanol–water partition coefficient (Wildman–Crippen LogP) is 3.89. The van der Waals surface area contributed by atoms with Gasteiger partial charge in [-0.25, -0.2) is 0 Å². The fourth-order valence-corrected chi connectivity index (χ4v) is 3.26. The first-order chi connectivity index (χ1) is 8.49. The van der Waals surface area contributed by atoms with E-state index in [1.807, 2.05) is 0 Å². The van der Waals surface area contributed by atoms with Crippen molar-refractivity contribution in [2.75, 3.05) is 6.54 Å². The van der Waals surface area contributed by atoms with Crippen molar-refractivity contribution >= 4 is 5.78 Å². The van der Waals surface area contributed by atoms with Crippen molar-refractivity contribution in [2.45, 2.75) is 78.8 Å². The smallest absolute Gasteiger partial charge is 0.152 e. The Balaban J connectivity index is 2.89. The van der Waals surface area contributed by atoms with Crippen molar-refractivity contribution in [3.8, 4) is 0 Å². The molecular weight excluding hydrogens is 222 g/mol. The fraction of sp³-hybridized carbons (Fsp3) is 0.938. The van der Waals surface area contributed by atoms with E-state index in [2.05, 4.69) is 39.5 Å². The summed E-state index contributed by atoms with van der Waals surface area (Å²) in [6.45, 7) is 11.8. The van der Waals surface area contributed by atoms with Crippen LogP contribution in [-0.4, -0.2) is 29.3 Å². The van der Waals surface area contributed by atoms with E-state index < -0.39 is 0 Å². The summed E-state index contributed by atoms with van der Waals surface area (Å²) in [5, 5.41) is 0. The highest BCUT2D eigenvalue weighted by atomic mass is 16.1. The average molecular weight is 253 g/mol. The first-order valence-electron chi connectivity index (χ1n) is 7.78. The van der Waals surface area contributed by atoms with Crippen LogP contribution in [0.3, 0.4) is 0 Å². The lowest BCUT2D eigenvalue weighted by Gasteiger charge is -2.38. The molecule has 18 heavy (non-hydrogen) atoms. The number of carbonyl (C=O) groups excluding carboxylic acids is 1. The molecule has 0 heterocycles. The molecule has 0 unspecified atom stereocenters. The van der Waals surface area contributed by atoms with Crippen molar-refractivity contribution in [3.63, 3.8) is 0 Å². The van der Waals surface area contributed by atoms with Crippen molar-refractivity contribution in [3.05, 3.63) is 0 Å². The monoisotopic (exact) mass is 253 g/mol. The molecule has 0 aromatic heterocycles. The Labute approximate surface area is 113 Å². The van der Waals surface area contributed by atoms with Gasteiger partial charge in [-0.1, -0.05) is 33.6 Å². The fourth-order valence-electron chi connectivity index (χ4n) is 3.26. The van der Waals surface area contributed by atoms with Crippen molar-refractivity contribution in [2.24, 2.45) is 11.8 Å². The van der Waals surface area contributed by atoms with Gasteiger partial charge in [-0.05, 0) is 45.6 Å². The lowest BCUT2D eigenvalue weighted by Crippen LogP contribution is -2.50. The van der Waals surface area contributed by atoms with Gasteiger partial charge in [-0.15, -0.1) is 0 Å². The van der Waals surface area contributed by atoms with Crippen LogP contribution in [0.4, 0.5) is 0 Å². The Kier molecular flexibility index (Phi) is 6.34. The molecule has 0 amide bonds. The summed E-state index contributed by atoms with van der Waals surface area (Å²) in [5.74, 6) is 1.23. The van der Waals surface area contributed by atoms with Crippen LogP contribution in [0.5, 0.6) is 0 Å². The summed E-state index contributed by atoms with van der Waals surface area (Å²) in [6, 6.07) is 0.644. The van der Waals surface area contributed by atoms with Gasteiger partial charge in [0.05, 0.1) is 6.04 Å². The maximum atomic E-state index is 12.6. The van der Waals surface area contributed by atoms with Crippen LogP contribution >= 0.6 is 0 Å². The number of carbonyl (C=O) groups is 1. The summed E-state index contributed by atoms with van der Waals surface area (Å²) in [5.41, 5.74) is 0. The van der Waals surface area contributed by atoms with E-state index in [4.69, 9.17) is 0 Å². The molecule has 0 aromatic rings. The minimum Gasteiger partial charge on any atom is -0.298 e. The zero-order chi connectivity index (χ0) is 13.7. The second kappa shape index (κ2) is 7.28. The summed E-state index contributed by atoms with van der Waals surface area (Å²) in [7, 11) is 0. The van der Waals surface area contributed by atoms with Gasteiger partial charge in [0.25, 0.3) is 0 Å². The van der Waals surface area contributed by atoms with E-state index in [0.717, 1.165) is 13.0 Å². The van der Waals surface area contributed by atoms with Gasteiger partial charge in [0.1, 0.15) is 0 Å². The van der Waals surface area contributed by atoms with Crippen LogP contribution in [-0.2, 0) is 4.79 Å². The van der Waals surface area contributed by atoms with Crippen LogP contribution in [0.2, 0.25) is 0 Å². The summed E-state index contributed by atoms with van der Waals surface area (Å²) < 4.78 is 0. The van der Waals surface area contributed by atoms with E-state index in [-0.39, 0.29) is 12.0 Å². The number of hydrogen-bond donors (Lipinski definition) is 0. The topological polar surface area (TPSA) is 20.3 Å². The first-order valence-corrected chi connectivity index (χ1v) is 7.78. The molecular formula is C16H31NO. The van der Waals surface area contributed by atoms with Crippen molar-refractivity contribution in [1.82, 2.24) is 4.90 Å². The number of nitrogens with zero attached hydrogens (tertiary/aromatic N) is 1. The maximum absolute atomic E-state index is 12.6. The van der Waals surface area contributed by atoms with Gasteiger partial charge in [0.2, 0.25) is 0 Å². The molecule has 1 saturated carbocycles. The number of hydrogen-bond acceptors (Lipinski definition) is 2. The Morgan fingerprint density at radius 1 is 1.17 bits per heavy atom. The molecule has 106 valence electrons. The molecule has 0 N–H and O–H groups in total. The van der Waals surface area contributed by atoms with Gasteiger partial charge in [-0.3, -0.25) is 9.69 Å². The van der Waals surface area contributed by atoms with Gasteiger partial charge < -0.3 is 0 Å². The van der Waals surface area contributed by atoms with Crippen LogP contribution in [0.1, 0.15) is 66.7 Å². The quantitative estimate of drug-likeness (QED) is 0.686. The first kappa shape index (κ1) is 15.7. The van der Waals surface area contributed by atoms with E-state index in [1.165, 1.54) is 25.7 Å². The third kappa shape index (κ3) is 3.81. The largest absolute Gasteiger partial charge is 0.298 e. The second-order valence-electron chi connectivity index (χ2n) is 6.38. The molecule has 0 bridgehead atoms. The molecule has 0 saturated heterocycles. The zero-order valence-corrected chi connectivity index (χ0v) is 12.9. The minimum atomic E-state index is 0.161. The van der Waals surface area contributed by atoms with E-state index >= 15 is 0 Å². The lowest BCUT2D eigenvalue weighted by molar-refractivity contribution is -0.130. The van der Waals surface area contributed by atoms with Gasteiger partial charge >= 0.3 is 0 Å². The molecule has 0 aliphatic heterocycles. The van der Waals surface area contributed by atoms with Crippen LogP contribution in [0.15, 0.2) is 0 Å². The number of rotatable bonds is 7. The molecule has 1 fully saturated rings. The number of Topliss-reactive ketones (excluding diaryl/α,β-unsaturated/α-hetero) is 1. The van der Waals surface area contributed by atoms with Gasteiger partial charge in [0.15, 0.2) is 5.78 Å². The lowest BCUT2D eigenvalue weighted by atomic mass is 9.87. The molecule has 1 atom stereocenters.